The highest BCUT2D eigenvalue weighted by atomic mass is 16.5. The first-order chi connectivity index (χ1) is 15.0. The Balaban J connectivity index is 1.48. The van der Waals surface area contributed by atoms with Crippen LogP contribution in [0, 0.1) is 6.92 Å². The van der Waals surface area contributed by atoms with E-state index < -0.39 is 0 Å². The number of ketones is 1. The summed E-state index contributed by atoms with van der Waals surface area (Å²) in [5, 5.41) is 4.53. The van der Waals surface area contributed by atoms with Gasteiger partial charge >= 0.3 is 0 Å². The minimum Gasteiger partial charge on any atom is -0.497 e. The minimum absolute atomic E-state index is 0.0324. The molecule has 4 rings (SSSR count). The average Bonchev–Trinajstić information content (AvgIpc) is 3.20. The molecule has 1 aliphatic heterocycles. The van der Waals surface area contributed by atoms with Crippen molar-refractivity contribution in [2.45, 2.75) is 13.8 Å². The van der Waals surface area contributed by atoms with Crippen molar-refractivity contribution in [3.63, 3.8) is 0 Å². The first-order valence-electron chi connectivity index (χ1n) is 10.3. The summed E-state index contributed by atoms with van der Waals surface area (Å²) in [6.45, 7) is 6.16. The summed E-state index contributed by atoms with van der Waals surface area (Å²) in [5.41, 5.74) is 3.90. The molecule has 1 fully saturated rings. The molecule has 1 aromatic heterocycles. The minimum atomic E-state index is -0.0324. The number of carbonyl (C=O) groups excluding carboxylic acids is 2. The molecule has 31 heavy (non-hydrogen) atoms. The summed E-state index contributed by atoms with van der Waals surface area (Å²) in [4.78, 5) is 28.9. The van der Waals surface area contributed by atoms with E-state index in [1.165, 1.54) is 0 Å². The van der Waals surface area contributed by atoms with E-state index in [0.29, 0.717) is 30.1 Å². The Morgan fingerprint density at radius 1 is 0.935 bits per heavy atom. The van der Waals surface area contributed by atoms with Gasteiger partial charge in [-0.3, -0.25) is 9.59 Å². The largest absolute Gasteiger partial charge is 0.497 e. The zero-order valence-corrected chi connectivity index (χ0v) is 18.0. The van der Waals surface area contributed by atoms with Crippen LogP contribution < -0.4 is 9.64 Å². The first kappa shape index (κ1) is 20.7. The summed E-state index contributed by atoms with van der Waals surface area (Å²) >= 11 is 0. The van der Waals surface area contributed by atoms with Crippen LogP contribution in [0.5, 0.6) is 5.75 Å². The molecule has 0 radical (unpaired) electrons. The van der Waals surface area contributed by atoms with Gasteiger partial charge in [0.1, 0.15) is 11.4 Å². The summed E-state index contributed by atoms with van der Waals surface area (Å²) < 4.78 is 7.00. The fraction of sp³-hybridized carbons (Fsp3) is 0.292. The summed E-state index contributed by atoms with van der Waals surface area (Å²) in [5.74, 6) is 0.744. The van der Waals surface area contributed by atoms with Crippen molar-refractivity contribution in [2.24, 2.45) is 0 Å². The van der Waals surface area contributed by atoms with Gasteiger partial charge in [0.05, 0.1) is 18.5 Å². The lowest BCUT2D eigenvalue weighted by molar-refractivity contribution is 0.0737. The highest BCUT2D eigenvalue weighted by Crippen LogP contribution is 2.22. The van der Waals surface area contributed by atoms with Crippen LogP contribution >= 0.6 is 0 Å². The SMILES string of the molecule is COc1cccc(-n2nc(C)cc2C(=O)N2CCN(c3ccc(C(C)=O)cc3)CC2)c1. The second kappa shape index (κ2) is 8.63. The Kier molecular flexibility index (Phi) is 5.75. The van der Waals surface area contributed by atoms with Crippen molar-refractivity contribution in [1.29, 1.82) is 0 Å². The number of amides is 1. The fourth-order valence-electron chi connectivity index (χ4n) is 3.83. The van der Waals surface area contributed by atoms with Crippen molar-refractivity contribution < 1.29 is 14.3 Å². The number of methoxy groups -OCH3 is 1. The monoisotopic (exact) mass is 418 g/mol. The number of aryl methyl sites for hydroxylation is 1. The summed E-state index contributed by atoms with van der Waals surface area (Å²) in [6, 6.07) is 17.0. The molecule has 0 N–H and O–H groups in total. The number of anilines is 1. The predicted molar refractivity (Wildman–Crippen MR) is 119 cm³/mol. The lowest BCUT2D eigenvalue weighted by atomic mass is 10.1. The molecule has 2 aromatic carbocycles. The van der Waals surface area contributed by atoms with Crippen LogP contribution in [0.25, 0.3) is 5.69 Å². The topological polar surface area (TPSA) is 67.7 Å². The smallest absolute Gasteiger partial charge is 0.272 e. The van der Waals surface area contributed by atoms with Crippen LogP contribution in [-0.4, -0.2) is 59.7 Å². The molecule has 1 amide bonds. The van der Waals surface area contributed by atoms with Gasteiger partial charge in [-0.25, -0.2) is 4.68 Å². The average molecular weight is 418 g/mol. The third-order valence-electron chi connectivity index (χ3n) is 5.55. The zero-order chi connectivity index (χ0) is 22.0. The van der Waals surface area contributed by atoms with Gasteiger partial charge in [0.2, 0.25) is 0 Å². The number of ether oxygens (including phenoxy) is 1. The van der Waals surface area contributed by atoms with Crippen LogP contribution in [0.15, 0.2) is 54.6 Å². The Labute approximate surface area is 181 Å². The number of rotatable bonds is 5. The van der Waals surface area contributed by atoms with Crippen LogP contribution in [0.3, 0.4) is 0 Å². The van der Waals surface area contributed by atoms with E-state index in [1.807, 2.05) is 66.4 Å². The van der Waals surface area contributed by atoms with Gasteiger partial charge in [-0.2, -0.15) is 5.10 Å². The number of hydrogen-bond acceptors (Lipinski definition) is 5. The standard InChI is InChI=1S/C24H26N4O3/c1-17-15-23(28(25-17)21-5-4-6-22(16-21)31-3)24(30)27-13-11-26(12-14-27)20-9-7-19(8-10-20)18(2)29/h4-10,15-16H,11-14H2,1-3H3. The van der Waals surface area contributed by atoms with E-state index >= 15 is 0 Å². The van der Waals surface area contributed by atoms with Crippen LogP contribution in [0.4, 0.5) is 5.69 Å². The maximum absolute atomic E-state index is 13.3. The molecule has 3 aromatic rings. The Bertz CT molecular complexity index is 1100. The highest BCUT2D eigenvalue weighted by molar-refractivity contribution is 5.94. The van der Waals surface area contributed by atoms with Crippen molar-refractivity contribution >= 4 is 17.4 Å². The number of piperazine rings is 1. The number of carbonyl (C=O) groups is 2. The third kappa shape index (κ3) is 4.30. The Morgan fingerprint density at radius 3 is 2.29 bits per heavy atom. The maximum atomic E-state index is 13.3. The normalized spacial score (nSPS) is 13.9. The number of benzene rings is 2. The molecule has 0 spiro atoms. The van der Waals surface area contributed by atoms with Gasteiger partial charge in [-0.15, -0.1) is 0 Å². The van der Waals surface area contributed by atoms with Gasteiger partial charge < -0.3 is 14.5 Å². The molecule has 0 bridgehead atoms. The van der Waals surface area contributed by atoms with Gasteiger partial charge in [0.25, 0.3) is 5.91 Å². The molecule has 0 atom stereocenters. The van der Waals surface area contributed by atoms with Crippen LogP contribution in [0.2, 0.25) is 0 Å². The first-order valence-corrected chi connectivity index (χ1v) is 10.3. The number of Topliss-reactive ketones (excluding diaryl/α,β-unsaturated/α-hetero) is 1. The lowest BCUT2D eigenvalue weighted by Crippen LogP contribution is -2.49. The van der Waals surface area contributed by atoms with Crippen molar-refractivity contribution in [2.75, 3.05) is 38.2 Å². The third-order valence-corrected chi connectivity index (χ3v) is 5.55. The molecular formula is C24H26N4O3. The Morgan fingerprint density at radius 2 is 1.65 bits per heavy atom. The van der Waals surface area contributed by atoms with Crippen molar-refractivity contribution in [3.8, 4) is 11.4 Å². The van der Waals surface area contributed by atoms with Crippen LogP contribution in [0.1, 0.15) is 33.5 Å². The molecule has 7 heteroatoms. The summed E-state index contributed by atoms with van der Waals surface area (Å²) in [7, 11) is 1.62. The second-order valence-electron chi connectivity index (χ2n) is 7.67. The molecule has 0 saturated carbocycles. The number of aromatic nitrogens is 2. The van der Waals surface area contributed by atoms with Crippen LogP contribution in [-0.2, 0) is 0 Å². The predicted octanol–water partition coefficient (Wildman–Crippen LogP) is 3.35. The quantitative estimate of drug-likeness (QED) is 0.595. The number of hydrogen-bond donors (Lipinski definition) is 0. The van der Waals surface area contributed by atoms with Gasteiger partial charge in [-0.05, 0) is 56.3 Å². The molecule has 1 saturated heterocycles. The molecule has 2 heterocycles. The highest BCUT2D eigenvalue weighted by Gasteiger charge is 2.26. The van der Waals surface area contributed by atoms with E-state index in [1.54, 1.807) is 18.7 Å². The van der Waals surface area contributed by atoms with E-state index in [0.717, 1.165) is 30.2 Å². The van der Waals surface area contributed by atoms with E-state index in [4.69, 9.17) is 4.74 Å². The second-order valence-corrected chi connectivity index (χ2v) is 7.67. The molecule has 0 aliphatic carbocycles. The Hall–Kier alpha value is -3.61. The van der Waals surface area contributed by atoms with E-state index in [9.17, 15) is 9.59 Å². The summed E-state index contributed by atoms with van der Waals surface area (Å²) in [6.07, 6.45) is 0. The van der Waals surface area contributed by atoms with Gasteiger partial charge in [0.15, 0.2) is 5.78 Å². The van der Waals surface area contributed by atoms with Crippen molar-refractivity contribution in [1.82, 2.24) is 14.7 Å². The molecule has 7 nitrogen and oxygen atoms in total. The van der Waals surface area contributed by atoms with Gasteiger partial charge in [0, 0.05) is 43.5 Å². The molecule has 1 aliphatic rings. The van der Waals surface area contributed by atoms with Gasteiger partial charge in [-0.1, -0.05) is 6.07 Å². The van der Waals surface area contributed by atoms with E-state index in [2.05, 4.69) is 10.00 Å². The molecule has 0 unspecified atom stereocenters. The molecule has 160 valence electrons. The maximum Gasteiger partial charge on any atom is 0.272 e. The zero-order valence-electron chi connectivity index (χ0n) is 18.0. The lowest BCUT2D eigenvalue weighted by Gasteiger charge is -2.36. The number of nitrogens with zero attached hydrogens (tertiary/aromatic N) is 4. The van der Waals surface area contributed by atoms with E-state index in [-0.39, 0.29) is 11.7 Å². The fourth-order valence-corrected chi connectivity index (χ4v) is 3.83. The molecular weight excluding hydrogens is 392 g/mol. The van der Waals surface area contributed by atoms with Crippen molar-refractivity contribution in [3.05, 3.63) is 71.5 Å².